The Labute approximate surface area is 128 Å². The van der Waals surface area contributed by atoms with E-state index in [1.165, 1.54) is 5.56 Å². The van der Waals surface area contributed by atoms with Crippen LogP contribution in [0.25, 0.3) is 0 Å². The molecule has 1 aromatic heterocycles. The first-order chi connectivity index (χ1) is 9.56. The number of aliphatic hydroxyl groups is 1. The van der Waals surface area contributed by atoms with Crippen molar-refractivity contribution in [1.82, 2.24) is 5.32 Å². The largest absolute Gasteiger partial charge is 0.467 e. The summed E-state index contributed by atoms with van der Waals surface area (Å²) in [5.41, 5.74) is 1.23. The molecule has 0 amide bonds. The molecule has 108 valence electrons. The molecule has 0 aliphatic rings. The van der Waals surface area contributed by atoms with Crippen LogP contribution in [0.2, 0.25) is 0 Å². The lowest BCUT2D eigenvalue weighted by Crippen LogP contribution is -2.30. The highest BCUT2D eigenvalue weighted by atomic mass is 79.9. The molecule has 3 unspecified atom stereocenters. The third-order valence-electron chi connectivity index (χ3n) is 3.35. The highest BCUT2D eigenvalue weighted by Crippen LogP contribution is 2.21. The van der Waals surface area contributed by atoms with Gasteiger partial charge in [0.2, 0.25) is 0 Å². The molecule has 2 N–H and O–H groups in total. The van der Waals surface area contributed by atoms with Gasteiger partial charge in [0.15, 0.2) is 0 Å². The van der Waals surface area contributed by atoms with Crippen molar-refractivity contribution < 1.29 is 9.52 Å². The van der Waals surface area contributed by atoms with E-state index in [0.717, 1.165) is 4.47 Å². The minimum atomic E-state index is -0.565. The summed E-state index contributed by atoms with van der Waals surface area (Å²) in [6.45, 7) is 4.19. The Morgan fingerprint density at radius 1 is 1.20 bits per heavy atom. The molecule has 1 aromatic carbocycles. The van der Waals surface area contributed by atoms with Gasteiger partial charge in [-0.15, -0.1) is 0 Å². The predicted octanol–water partition coefficient (Wildman–Crippen LogP) is 4.20. The van der Waals surface area contributed by atoms with Gasteiger partial charge in [-0.25, -0.2) is 0 Å². The zero-order valence-corrected chi connectivity index (χ0v) is 13.3. The van der Waals surface area contributed by atoms with Crippen LogP contribution in [0.1, 0.15) is 43.7 Å². The van der Waals surface area contributed by atoms with E-state index < -0.39 is 6.10 Å². The average molecular weight is 338 g/mol. The molecule has 2 rings (SSSR count). The third-order valence-corrected chi connectivity index (χ3v) is 3.88. The predicted molar refractivity (Wildman–Crippen MR) is 83.4 cm³/mol. The molecule has 4 heteroatoms. The van der Waals surface area contributed by atoms with E-state index in [0.29, 0.717) is 12.2 Å². The number of aliphatic hydroxyl groups excluding tert-OH is 1. The Bertz CT molecular complexity index is 510. The molecule has 3 nitrogen and oxygen atoms in total. The molecule has 0 radical (unpaired) electrons. The second kappa shape index (κ2) is 7.07. The van der Waals surface area contributed by atoms with Gasteiger partial charge >= 0.3 is 0 Å². The zero-order chi connectivity index (χ0) is 14.5. The van der Waals surface area contributed by atoms with E-state index in [9.17, 15) is 5.11 Å². The topological polar surface area (TPSA) is 45.4 Å². The van der Waals surface area contributed by atoms with Gasteiger partial charge in [-0.05, 0) is 50.1 Å². The summed E-state index contributed by atoms with van der Waals surface area (Å²) in [6, 6.07) is 12.3. The summed E-state index contributed by atoms with van der Waals surface area (Å²) in [5, 5.41) is 13.6. The summed E-state index contributed by atoms with van der Waals surface area (Å²) < 4.78 is 6.29. The standard InChI is InChI=1S/C16H20BrNO2/c1-11(10-15(19)16-4-3-9-20-16)18-12(2)13-5-7-14(17)8-6-13/h3-9,11-12,15,18-19H,10H2,1-2H3. The molecule has 3 atom stereocenters. The van der Waals surface area contributed by atoms with Gasteiger partial charge in [0.25, 0.3) is 0 Å². The van der Waals surface area contributed by atoms with Gasteiger partial charge < -0.3 is 14.8 Å². The number of hydrogen-bond acceptors (Lipinski definition) is 3. The molecular weight excluding hydrogens is 318 g/mol. The first-order valence-electron chi connectivity index (χ1n) is 6.79. The average Bonchev–Trinajstić information content (AvgIpc) is 2.93. The number of rotatable bonds is 6. The van der Waals surface area contributed by atoms with Crippen LogP contribution in [0.5, 0.6) is 0 Å². The van der Waals surface area contributed by atoms with Gasteiger partial charge in [-0.2, -0.15) is 0 Å². The summed E-state index contributed by atoms with van der Waals surface area (Å²) in [6.07, 6.45) is 1.64. The van der Waals surface area contributed by atoms with Crippen LogP contribution in [-0.2, 0) is 0 Å². The van der Waals surface area contributed by atoms with Crippen LogP contribution >= 0.6 is 15.9 Å². The molecule has 20 heavy (non-hydrogen) atoms. The van der Waals surface area contributed by atoms with E-state index in [1.54, 1.807) is 18.4 Å². The van der Waals surface area contributed by atoms with Crippen molar-refractivity contribution >= 4 is 15.9 Å². The molecule has 1 heterocycles. The molecule has 0 aliphatic carbocycles. The van der Waals surface area contributed by atoms with Crippen LogP contribution < -0.4 is 5.32 Å². The number of nitrogens with one attached hydrogen (secondary N) is 1. The SMILES string of the molecule is CC(CC(O)c1ccco1)NC(C)c1ccc(Br)cc1. The van der Waals surface area contributed by atoms with Gasteiger partial charge in [0, 0.05) is 16.6 Å². The monoisotopic (exact) mass is 337 g/mol. The summed E-state index contributed by atoms with van der Waals surface area (Å²) in [5.74, 6) is 0.620. The van der Waals surface area contributed by atoms with Gasteiger partial charge in [0.1, 0.15) is 11.9 Å². The van der Waals surface area contributed by atoms with Crippen molar-refractivity contribution in [2.24, 2.45) is 0 Å². The third kappa shape index (κ3) is 4.20. The molecule has 0 saturated heterocycles. The molecule has 0 aliphatic heterocycles. The Balaban J connectivity index is 1.87. The van der Waals surface area contributed by atoms with Crippen molar-refractivity contribution in [3.8, 4) is 0 Å². The highest BCUT2D eigenvalue weighted by molar-refractivity contribution is 9.10. The van der Waals surface area contributed by atoms with Crippen LogP contribution in [0.3, 0.4) is 0 Å². The van der Waals surface area contributed by atoms with Crippen LogP contribution in [0, 0.1) is 0 Å². The Hall–Kier alpha value is -1.10. The van der Waals surface area contributed by atoms with Gasteiger partial charge in [-0.3, -0.25) is 0 Å². The number of hydrogen-bond donors (Lipinski definition) is 2. The fourth-order valence-corrected chi connectivity index (χ4v) is 2.54. The molecule has 2 aromatic rings. The Morgan fingerprint density at radius 3 is 2.50 bits per heavy atom. The lowest BCUT2D eigenvalue weighted by molar-refractivity contribution is 0.127. The molecule has 0 spiro atoms. The van der Waals surface area contributed by atoms with E-state index in [4.69, 9.17) is 4.42 Å². The maximum atomic E-state index is 10.1. The quantitative estimate of drug-likeness (QED) is 0.830. The summed E-state index contributed by atoms with van der Waals surface area (Å²) in [4.78, 5) is 0. The first kappa shape index (κ1) is 15.3. The maximum Gasteiger partial charge on any atom is 0.132 e. The van der Waals surface area contributed by atoms with Crippen molar-refractivity contribution in [1.29, 1.82) is 0 Å². The lowest BCUT2D eigenvalue weighted by atomic mass is 10.0. The van der Waals surface area contributed by atoms with Crippen LogP contribution in [0.4, 0.5) is 0 Å². The van der Waals surface area contributed by atoms with Gasteiger partial charge in [-0.1, -0.05) is 28.1 Å². The highest BCUT2D eigenvalue weighted by Gasteiger charge is 2.16. The van der Waals surface area contributed by atoms with Gasteiger partial charge in [0.05, 0.1) is 6.26 Å². The Kier molecular flexibility index (Phi) is 5.40. The van der Waals surface area contributed by atoms with Crippen LogP contribution in [-0.4, -0.2) is 11.1 Å². The first-order valence-corrected chi connectivity index (χ1v) is 7.58. The van der Waals surface area contributed by atoms with Crippen molar-refractivity contribution in [2.75, 3.05) is 0 Å². The summed E-state index contributed by atoms with van der Waals surface area (Å²) in [7, 11) is 0. The van der Waals surface area contributed by atoms with Crippen molar-refractivity contribution in [3.05, 3.63) is 58.5 Å². The second-order valence-corrected chi connectivity index (χ2v) is 6.02. The smallest absolute Gasteiger partial charge is 0.132 e. The molecular formula is C16H20BrNO2. The lowest BCUT2D eigenvalue weighted by Gasteiger charge is -2.22. The van der Waals surface area contributed by atoms with Crippen molar-refractivity contribution in [3.63, 3.8) is 0 Å². The number of benzene rings is 1. The van der Waals surface area contributed by atoms with Crippen molar-refractivity contribution in [2.45, 2.75) is 38.5 Å². The number of halogens is 1. The Morgan fingerprint density at radius 2 is 1.90 bits per heavy atom. The van der Waals surface area contributed by atoms with E-state index in [1.807, 2.05) is 12.1 Å². The zero-order valence-electron chi connectivity index (χ0n) is 11.7. The maximum absolute atomic E-state index is 10.1. The molecule has 0 bridgehead atoms. The number of furan rings is 1. The van der Waals surface area contributed by atoms with E-state index in [-0.39, 0.29) is 12.1 Å². The molecule has 0 saturated carbocycles. The van der Waals surface area contributed by atoms with Crippen LogP contribution in [0.15, 0.2) is 51.6 Å². The minimum Gasteiger partial charge on any atom is -0.467 e. The van der Waals surface area contributed by atoms with E-state index >= 15 is 0 Å². The fourth-order valence-electron chi connectivity index (χ4n) is 2.27. The fraction of sp³-hybridized carbons (Fsp3) is 0.375. The second-order valence-electron chi connectivity index (χ2n) is 5.11. The van der Waals surface area contributed by atoms with E-state index in [2.05, 4.69) is 47.2 Å². The minimum absolute atomic E-state index is 0.189. The summed E-state index contributed by atoms with van der Waals surface area (Å²) >= 11 is 3.44. The normalized spacial score (nSPS) is 15.8. The molecule has 0 fully saturated rings.